The fourth-order valence-corrected chi connectivity index (χ4v) is 3.86. The lowest BCUT2D eigenvalue weighted by atomic mass is 10.3. The fraction of sp³-hybridized carbons (Fsp3) is 0.769. The van der Waals surface area contributed by atoms with Crippen LogP contribution in [-0.2, 0) is 16.6 Å². The number of hydrogen-bond acceptors (Lipinski definition) is 4. The summed E-state index contributed by atoms with van der Waals surface area (Å²) in [5.74, 6) is 0. The van der Waals surface area contributed by atoms with Crippen molar-refractivity contribution >= 4 is 10.0 Å². The Morgan fingerprint density at radius 2 is 2.15 bits per heavy atom. The Kier molecular flexibility index (Phi) is 4.51. The van der Waals surface area contributed by atoms with Gasteiger partial charge in [0, 0.05) is 25.7 Å². The van der Waals surface area contributed by atoms with Gasteiger partial charge in [-0.05, 0) is 33.1 Å². The first-order valence-corrected chi connectivity index (χ1v) is 8.57. The molecule has 7 heteroatoms. The van der Waals surface area contributed by atoms with E-state index in [-0.39, 0.29) is 6.04 Å². The van der Waals surface area contributed by atoms with Crippen LogP contribution in [0.2, 0.25) is 0 Å². The molecule has 0 bridgehead atoms. The SMILES string of the molecule is CCC(C)N(C)S(=O)(=O)c1c(CNC2CC2)n[nH]c1C. The minimum atomic E-state index is -3.50. The average Bonchev–Trinajstić information content (AvgIpc) is 3.17. The minimum Gasteiger partial charge on any atom is -0.308 e. The summed E-state index contributed by atoms with van der Waals surface area (Å²) in [7, 11) is -1.86. The van der Waals surface area contributed by atoms with Crippen LogP contribution in [0.3, 0.4) is 0 Å². The molecule has 1 atom stereocenters. The maximum Gasteiger partial charge on any atom is 0.246 e. The third-order valence-corrected chi connectivity index (χ3v) is 6.12. The molecule has 0 saturated heterocycles. The summed E-state index contributed by atoms with van der Waals surface area (Å²) in [4.78, 5) is 0.327. The fourth-order valence-electron chi connectivity index (χ4n) is 2.10. The second kappa shape index (κ2) is 5.83. The molecule has 0 radical (unpaired) electrons. The van der Waals surface area contributed by atoms with E-state index in [0.29, 0.717) is 28.9 Å². The Balaban J connectivity index is 2.27. The van der Waals surface area contributed by atoms with Gasteiger partial charge in [0.2, 0.25) is 10.0 Å². The lowest BCUT2D eigenvalue weighted by Gasteiger charge is -2.23. The van der Waals surface area contributed by atoms with Crippen molar-refractivity contribution in [3.8, 4) is 0 Å². The predicted octanol–water partition coefficient (Wildman–Crippen LogP) is 1.39. The third kappa shape index (κ3) is 3.05. The van der Waals surface area contributed by atoms with E-state index >= 15 is 0 Å². The van der Waals surface area contributed by atoms with Gasteiger partial charge in [-0.15, -0.1) is 0 Å². The molecule has 2 rings (SSSR count). The number of hydrogen-bond donors (Lipinski definition) is 2. The molecular formula is C13H24N4O2S. The highest BCUT2D eigenvalue weighted by atomic mass is 32.2. The second-order valence-corrected chi connectivity index (χ2v) is 7.49. The summed E-state index contributed by atoms with van der Waals surface area (Å²) in [5.41, 5.74) is 1.19. The summed E-state index contributed by atoms with van der Waals surface area (Å²) in [6.45, 7) is 6.15. The van der Waals surface area contributed by atoms with E-state index in [0.717, 1.165) is 19.3 Å². The molecule has 1 aliphatic rings. The predicted molar refractivity (Wildman–Crippen MR) is 77.9 cm³/mol. The number of rotatable bonds is 7. The largest absolute Gasteiger partial charge is 0.308 e. The van der Waals surface area contributed by atoms with Crippen LogP contribution in [0.25, 0.3) is 0 Å². The highest BCUT2D eigenvalue weighted by Gasteiger charge is 2.31. The molecule has 114 valence electrons. The second-order valence-electron chi connectivity index (χ2n) is 5.56. The highest BCUT2D eigenvalue weighted by Crippen LogP contribution is 2.25. The Bertz CT molecular complexity index is 563. The number of aromatic amines is 1. The Hall–Kier alpha value is -0.920. The smallest absolute Gasteiger partial charge is 0.246 e. The van der Waals surface area contributed by atoms with E-state index in [1.807, 2.05) is 13.8 Å². The third-order valence-electron chi connectivity index (χ3n) is 3.95. The summed E-state index contributed by atoms with van der Waals surface area (Å²) >= 11 is 0. The van der Waals surface area contributed by atoms with Crippen LogP contribution >= 0.6 is 0 Å². The molecule has 1 heterocycles. The van der Waals surface area contributed by atoms with E-state index in [4.69, 9.17) is 0 Å². The molecule has 1 aliphatic carbocycles. The molecule has 1 aromatic heterocycles. The molecule has 0 spiro atoms. The van der Waals surface area contributed by atoms with Gasteiger partial charge >= 0.3 is 0 Å². The van der Waals surface area contributed by atoms with E-state index in [9.17, 15) is 8.42 Å². The molecule has 2 N–H and O–H groups in total. The van der Waals surface area contributed by atoms with Gasteiger partial charge in [-0.1, -0.05) is 6.92 Å². The molecule has 1 aromatic rings. The van der Waals surface area contributed by atoms with Crippen LogP contribution < -0.4 is 5.32 Å². The van der Waals surface area contributed by atoms with Gasteiger partial charge in [-0.2, -0.15) is 9.40 Å². The number of nitrogens with zero attached hydrogens (tertiary/aromatic N) is 2. The zero-order valence-corrected chi connectivity index (χ0v) is 13.4. The Labute approximate surface area is 121 Å². The van der Waals surface area contributed by atoms with Crippen LogP contribution in [-0.4, -0.2) is 42.1 Å². The molecule has 0 amide bonds. The van der Waals surface area contributed by atoms with Crippen molar-refractivity contribution in [1.29, 1.82) is 0 Å². The monoisotopic (exact) mass is 300 g/mol. The molecule has 0 aliphatic heterocycles. The molecule has 0 aromatic carbocycles. The van der Waals surface area contributed by atoms with Gasteiger partial charge in [0.05, 0.1) is 11.4 Å². The van der Waals surface area contributed by atoms with E-state index in [2.05, 4.69) is 15.5 Å². The van der Waals surface area contributed by atoms with E-state index in [1.54, 1.807) is 14.0 Å². The van der Waals surface area contributed by atoms with E-state index in [1.165, 1.54) is 4.31 Å². The number of nitrogens with one attached hydrogen (secondary N) is 2. The molecular weight excluding hydrogens is 276 g/mol. The molecule has 20 heavy (non-hydrogen) atoms. The van der Waals surface area contributed by atoms with Crippen molar-refractivity contribution < 1.29 is 8.42 Å². The first kappa shape index (κ1) is 15.5. The molecule has 1 fully saturated rings. The molecule has 1 saturated carbocycles. The van der Waals surface area contributed by atoms with Crippen LogP contribution in [0, 0.1) is 6.92 Å². The van der Waals surface area contributed by atoms with Gasteiger partial charge in [0.25, 0.3) is 0 Å². The maximum absolute atomic E-state index is 12.7. The highest BCUT2D eigenvalue weighted by molar-refractivity contribution is 7.89. The Morgan fingerprint density at radius 1 is 1.50 bits per heavy atom. The van der Waals surface area contributed by atoms with Crippen molar-refractivity contribution in [2.45, 2.75) is 63.6 Å². The zero-order chi connectivity index (χ0) is 14.9. The van der Waals surface area contributed by atoms with Gasteiger partial charge in [0.1, 0.15) is 4.90 Å². The van der Waals surface area contributed by atoms with Gasteiger partial charge in [-0.25, -0.2) is 8.42 Å². The van der Waals surface area contributed by atoms with Crippen molar-refractivity contribution in [3.05, 3.63) is 11.4 Å². The van der Waals surface area contributed by atoms with Crippen LogP contribution in [0.1, 0.15) is 44.5 Å². The lowest BCUT2D eigenvalue weighted by molar-refractivity contribution is 0.380. The number of H-pyrrole nitrogens is 1. The average molecular weight is 300 g/mol. The Morgan fingerprint density at radius 3 is 2.70 bits per heavy atom. The number of sulfonamides is 1. The summed E-state index contributed by atoms with van der Waals surface area (Å²) in [6, 6.07) is 0.494. The topological polar surface area (TPSA) is 78.1 Å². The molecule has 6 nitrogen and oxygen atoms in total. The number of aryl methyl sites for hydroxylation is 1. The van der Waals surface area contributed by atoms with Gasteiger partial charge in [0.15, 0.2) is 0 Å². The van der Waals surface area contributed by atoms with Crippen LogP contribution in [0.4, 0.5) is 0 Å². The summed E-state index contributed by atoms with van der Waals surface area (Å²) in [5, 5.41) is 10.3. The van der Waals surface area contributed by atoms with Crippen molar-refractivity contribution in [3.63, 3.8) is 0 Å². The zero-order valence-electron chi connectivity index (χ0n) is 12.6. The maximum atomic E-state index is 12.7. The van der Waals surface area contributed by atoms with Gasteiger partial charge < -0.3 is 5.32 Å². The number of aromatic nitrogens is 2. The molecule has 1 unspecified atom stereocenters. The summed E-state index contributed by atoms with van der Waals surface area (Å²) in [6.07, 6.45) is 3.11. The summed E-state index contributed by atoms with van der Waals surface area (Å²) < 4.78 is 26.9. The van der Waals surface area contributed by atoms with Crippen molar-refractivity contribution in [1.82, 2.24) is 19.8 Å². The van der Waals surface area contributed by atoms with Crippen molar-refractivity contribution in [2.75, 3.05) is 7.05 Å². The van der Waals surface area contributed by atoms with Crippen LogP contribution in [0.5, 0.6) is 0 Å². The first-order valence-electron chi connectivity index (χ1n) is 7.13. The standard InChI is InChI=1S/C13H24N4O2S/c1-5-9(2)17(4)20(18,19)13-10(3)15-16-12(13)8-14-11-6-7-11/h9,11,14H,5-8H2,1-4H3,(H,15,16). The van der Waals surface area contributed by atoms with Crippen molar-refractivity contribution in [2.24, 2.45) is 0 Å². The van der Waals surface area contributed by atoms with E-state index < -0.39 is 10.0 Å². The normalized spacial score (nSPS) is 17.6. The quantitative estimate of drug-likeness (QED) is 0.797. The minimum absolute atomic E-state index is 0.0291. The first-order chi connectivity index (χ1) is 9.37. The van der Waals surface area contributed by atoms with Crippen LogP contribution in [0.15, 0.2) is 4.90 Å². The van der Waals surface area contributed by atoms with Gasteiger partial charge in [-0.3, -0.25) is 5.10 Å². The lowest BCUT2D eigenvalue weighted by Crippen LogP contribution is -2.35.